The molecule has 1 aromatic heterocycles. The van der Waals surface area contributed by atoms with E-state index >= 15 is 0 Å². The molecule has 0 unspecified atom stereocenters. The van der Waals surface area contributed by atoms with Gasteiger partial charge in [-0.05, 0) is 19.1 Å². The monoisotopic (exact) mass is 260 g/mol. The molecule has 7 heteroatoms. The third-order valence-electron chi connectivity index (χ3n) is 2.91. The van der Waals surface area contributed by atoms with E-state index in [2.05, 4.69) is 15.0 Å². The molecule has 2 N–H and O–H groups in total. The Hall–Kier alpha value is -0.980. The quantitative estimate of drug-likeness (QED) is 0.827. The maximum Gasteiger partial charge on any atom is 0.248 e. The van der Waals surface area contributed by atoms with Gasteiger partial charge in [0.1, 0.15) is 5.82 Å². The van der Waals surface area contributed by atoms with E-state index in [1.54, 1.807) is 0 Å². The summed E-state index contributed by atoms with van der Waals surface area (Å²) < 4.78 is 26.1. The Kier molecular flexibility index (Phi) is 3.46. The lowest BCUT2D eigenvalue weighted by atomic mass is 9.86. The zero-order valence-corrected chi connectivity index (χ0v) is 10.3. The molecule has 0 aliphatic heterocycles. The molecule has 1 aliphatic rings. The van der Waals surface area contributed by atoms with Gasteiger partial charge >= 0.3 is 0 Å². The van der Waals surface area contributed by atoms with E-state index in [0.717, 1.165) is 0 Å². The highest BCUT2D eigenvalue weighted by Crippen LogP contribution is 2.40. The second-order valence-electron chi connectivity index (χ2n) is 4.17. The first-order chi connectivity index (χ1) is 8.00. The number of thioether (sulfide) groups is 1. The van der Waals surface area contributed by atoms with Gasteiger partial charge in [-0.25, -0.2) is 13.8 Å². The molecule has 1 heterocycles. The lowest BCUT2D eigenvalue weighted by molar-refractivity contribution is -0.0388. The van der Waals surface area contributed by atoms with Crippen LogP contribution in [0.3, 0.4) is 0 Å². The van der Waals surface area contributed by atoms with Crippen LogP contribution >= 0.6 is 11.8 Å². The smallest absolute Gasteiger partial charge is 0.248 e. The zero-order chi connectivity index (χ0) is 12.5. The number of anilines is 1. The van der Waals surface area contributed by atoms with Crippen LogP contribution < -0.4 is 5.73 Å². The van der Waals surface area contributed by atoms with Gasteiger partial charge in [0.15, 0.2) is 5.16 Å². The molecule has 17 heavy (non-hydrogen) atoms. The normalized spacial score (nSPS) is 20.4. The van der Waals surface area contributed by atoms with Crippen LogP contribution in [0.25, 0.3) is 0 Å². The maximum absolute atomic E-state index is 13.0. The predicted octanol–water partition coefficient (Wildman–Crippen LogP) is 2.47. The Bertz CT molecular complexity index is 403. The number of nitrogen functional groups attached to an aromatic ring is 1. The lowest BCUT2D eigenvalue weighted by Crippen LogP contribution is -2.24. The number of nitrogens with zero attached hydrogens (tertiary/aromatic N) is 3. The molecular weight excluding hydrogens is 246 g/mol. The van der Waals surface area contributed by atoms with Crippen LogP contribution in [0.15, 0.2) is 5.16 Å². The van der Waals surface area contributed by atoms with Gasteiger partial charge in [0.25, 0.3) is 0 Å². The average Bonchev–Trinajstić information content (AvgIpc) is 2.28. The molecule has 0 aromatic carbocycles. The number of rotatable bonds is 2. The summed E-state index contributed by atoms with van der Waals surface area (Å²) in [6, 6.07) is 0. The fraction of sp³-hybridized carbons (Fsp3) is 0.700. The van der Waals surface area contributed by atoms with E-state index < -0.39 is 5.92 Å². The molecule has 0 radical (unpaired) electrons. The summed E-state index contributed by atoms with van der Waals surface area (Å²) in [4.78, 5) is 12.2. The molecule has 0 atom stereocenters. The maximum atomic E-state index is 13.0. The average molecular weight is 260 g/mol. The van der Waals surface area contributed by atoms with E-state index in [9.17, 15) is 8.78 Å². The van der Waals surface area contributed by atoms with Gasteiger partial charge in [0, 0.05) is 18.8 Å². The highest BCUT2D eigenvalue weighted by Gasteiger charge is 2.36. The summed E-state index contributed by atoms with van der Waals surface area (Å²) in [7, 11) is 0. The minimum Gasteiger partial charge on any atom is -0.368 e. The zero-order valence-electron chi connectivity index (χ0n) is 9.49. The summed E-state index contributed by atoms with van der Waals surface area (Å²) in [5, 5.41) is 0.546. The molecule has 2 rings (SSSR count). The predicted molar refractivity (Wildman–Crippen MR) is 62.2 cm³/mol. The Morgan fingerprint density at radius 1 is 1.24 bits per heavy atom. The van der Waals surface area contributed by atoms with Crippen LogP contribution in [0.4, 0.5) is 14.7 Å². The first-order valence-corrected chi connectivity index (χ1v) is 6.66. The molecule has 1 aliphatic carbocycles. The highest BCUT2D eigenvalue weighted by atomic mass is 32.2. The molecule has 0 saturated heterocycles. The van der Waals surface area contributed by atoms with Crippen molar-refractivity contribution < 1.29 is 8.78 Å². The van der Waals surface area contributed by atoms with Crippen molar-refractivity contribution in [1.29, 1.82) is 0 Å². The van der Waals surface area contributed by atoms with Crippen LogP contribution in [-0.2, 0) is 0 Å². The molecule has 94 valence electrons. The molecule has 1 fully saturated rings. The van der Waals surface area contributed by atoms with Crippen molar-refractivity contribution in [3.8, 4) is 0 Å². The SMILES string of the molecule is CSc1nc(N)nc(C2CCC(F)(F)CC2)n1. The number of aromatic nitrogens is 3. The standard InChI is InChI=1S/C10H14F2N4S/c1-17-9-15-7(14-8(13)16-9)6-2-4-10(11,12)5-3-6/h6H,2-5H2,1H3,(H2,13,14,15,16). The molecule has 1 saturated carbocycles. The van der Waals surface area contributed by atoms with Gasteiger partial charge in [-0.3, -0.25) is 0 Å². The summed E-state index contributed by atoms with van der Waals surface area (Å²) in [6.45, 7) is 0. The van der Waals surface area contributed by atoms with Crippen LogP contribution in [-0.4, -0.2) is 27.1 Å². The largest absolute Gasteiger partial charge is 0.368 e. The van der Waals surface area contributed by atoms with Gasteiger partial charge in [-0.2, -0.15) is 9.97 Å². The van der Waals surface area contributed by atoms with Gasteiger partial charge in [0.2, 0.25) is 11.9 Å². The van der Waals surface area contributed by atoms with Crippen LogP contribution in [0.5, 0.6) is 0 Å². The van der Waals surface area contributed by atoms with Gasteiger partial charge < -0.3 is 5.73 Å². The number of nitrogens with two attached hydrogens (primary N) is 1. The number of hydrogen-bond donors (Lipinski definition) is 1. The Morgan fingerprint density at radius 3 is 2.47 bits per heavy atom. The second kappa shape index (κ2) is 4.72. The minimum absolute atomic E-state index is 0.0224. The number of hydrogen-bond acceptors (Lipinski definition) is 5. The van der Waals surface area contributed by atoms with Crippen LogP contribution in [0, 0.1) is 0 Å². The van der Waals surface area contributed by atoms with E-state index in [-0.39, 0.29) is 24.7 Å². The third kappa shape index (κ3) is 3.02. The summed E-state index contributed by atoms with van der Waals surface area (Å²) in [6.07, 6.45) is 2.46. The van der Waals surface area contributed by atoms with Crippen molar-refractivity contribution in [2.45, 2.75) is 42.7 Å². The van der Waals surface area contributed by atoms with Crippen molar-refractivity contribution in [1.82, 2.24) is 15.0 Å². The van der Waals surface area contributed by atoms with Crippen molar-refractivity contribution in [2.24, 2.45) is 0 Å². The van der Waals surface area contributed by atoms with E-state index in [1.165, 1.54) is 11.8 Å². The van der Waals surface area contributed by atoms with E-state index in [1.807, 2.05) is 6.26 Å². The first kappa shape index (κ1) is 12.5. The molecular formula is C10H14F2N4S. The van der Waals surface area contributed by atoms with E-state index in [0.29, 0.717) is 23.8 Å². The Labute approximate surface area is 102 Å². The van der Waals surface area contributed by atoms with Crippen molar-refractivity contribution in [3.05, 3.63) is 5.82 Å². The van der Waals surface area contributed by atoms with Gasteiger partial charge in [-0.15, -0.1) is 0 Å². The van der Waals surface area contributed by atoms with Gasteiger partial charge in [0.05, 0.1) is 0 Å². The third-order valence-corrected chi connectivity index (χ3v) is 3.46. The first-order valence-electron chi connectivity index (χ1n) is 5.43. The summed E-state index contributed by atoms with van der Waals surface area (Å²) in [5.74, 6) is -1.84. The molecule has 4 nitrogen and oxygen atoms in total. The van der Waals surface area contributed by atoms with Gasteiger partial charge in [-0.1, -0.05) is 11.8 Å². The van der Waals surface area contributed by atoms with Crippen LogP contribution in [0.2, 0.25) is 0 Å². The fourth-order valence-electron chi connectivity index (χ4n) is 1.96. The number of halogens is 2. The Balaban J connectivity index is 2.15. The molecule has 0 amide bonds. The topological polar surface area (TPSA) is 64.7 Å². The minimum atomic E-state index is -2.53. The fourth-order valence-corrected chi connectivity index (χ4v) is 2.33. The molecule has 1 aromatic rings. The van der Waals surface area contributed by atoms with Crippen molar-refractivity contribution in [3.63, 3.8) is 0 Å². The second-order valence-corrected chi connectivity index (χ2v) is 4.94. The van der Waals surface area contributed by atoms with Crippen molar-refractivity contribution in [2.75, 3.05) is 12.0 Å². The molecule has 0 bridgehead atoms. The summed E-state index contributed by atoms with van der Waals surface area (Å²) >= 11 is 1.37. The Morgan fingerprint density at radius 2 is 1.88 bits per heavy atom. The lowest BCUT2D eigenvalue weighted by Gasteiger charge is -2.27. The van der Waals surface area contributed by atoms with Crippen LogP contribution in [0.1, 0.15) is 37.4 Å². The highest BCUT2D eigenvalue weighted by molar-refractivity contribution is 7.98. The number of alkyl halides is 2. The molecule has 0 spiro atoms. The van der Waals surface area contributed by atoms with E-state index in [4.69, 9.17) is 5.73 Å². The van der Waals surface area contributed by atoms with Crippen molar-refractivity contribution >= 4 is 17.7 Å². The summed E-state index contributed by atoms with van der Waals surface area (Å²) in [5.41, 5.74) is 5.57.